The lowest BCUT2D eigenvalue weighted by atomic mass is 9.79. The minimum absolute atomic E-state index is 0.00659. The first kappa shape index (κ1) is 18.4. The Labute approximate surface area is 134 Å². The van der Waals surface area contributed by atoms with Crippen LogP contribution >= 0.6 is 0 Å². The van der Waals surface area contributed by atoms with Gasteiger partial charge in [-0.15, -0.1) is 0 Å². The summed E-state index contributed by atoms with van der Waals surface area (Å²) in [6.45, 7) is 6.17. The van der Waals surface area contributed by atoms with Crippen LogP contribution in [0.3, 0.4) is 0 Å². The molecule has 2 heteroatoms. The van der Waals surface area contributed by atoms with Gasteiger partial charge >= 0.3 is 0 Å². The highest BCUT2D eigenvalue weighted by Gasteiger charge is 2.27. The Morgan fingerprint density at radius 3 is 2.50 bits per heavy atom. The molecule has 0 spiro atoms. The summed E-state index contributed by atoms with van der Waals surface area (Å²) in [4.78, 5) is 0. The van der Waals surface area contributed by atoms with Crippen LogP contribution in [0.25, 0.3) is 6.08 Å². The molecule has 0 aliphatic rings. The first-order valence-corrected chi connectivity index (χ1v) is 7.81. The molecule has 0 heterocycles. The second kappa shape index (κ2) is 9.39. The van der Waals surface area contributed by atoms with Crippen LogP contribution in [0.4, 0.5) is 0 Å². The molecule has 0 amide bonds. The van der Waals surface area contributed by atoms with Gasteiger partial charge in [0.1, 0.15) is 0 Å². The SMILES string of the molecule is CC(C)=CCC[C@@](C)(/C=C/CO)[C@H](O)/C=C/c1ccccc1. The Balaban J connectivity index is 2.83. The molecule has 0 saturated carbocycles. The molecule has 0 saturated heterocycles. The first-order chi connectivity index (χ1) is 10.5. The molecule has 0 aliphatic heterocycles. The van der Waals surface area contributed by atoms with Crippen molar-refractivity contribution in [3.63, 3.8) is 0 Å². The van der Waals surface area contributed by atoms with Gasteiger partial charge in [-0.05, 0) is 32.3 Å². The van der Waals surface area contributed by atoms with Crippen molar-refractivity contribution in [3.05, 3.63) is 65.8 Å². The van der Waals surface area contributed by atoms with Crippen LogP contribution in [0.15, 0.2) is 60.2 Å². The third-order valence-electron chi connectivity index (χ3n) is 3.79. The zero-order chi connectivity index (χ0) is 16.4. The maximum absolute atomic E-state index is 10.6. The fourth-order valence-corrected chi connectivity index (χ4v) is 2.31. The van der Waals surface area contributed by atoms with Crippen LogP contribution < -0.4 is 0 Å². The third-order valence-corrected chi connectivity index (χ3v) is 3.79. The van der Waals surface area contributed by atoms with E-state index in [2.05, 4.69) is 19.9 Å². The van der Waals surface area contributed by atoms with E-state index in [-0.39, 0.29) is 12.0 Å². The molecule has 2 nitrogen and oxygen atoms in total. The summed E-state index contributed by atoms with van der Waals surface area (Å²) in [5.74, 6) is 0. The molecule has 2 N–H and O–H groups in total. The average molecular weight is 300 g/mol. The lowest BCUT2D eigenvalue weighted by Crippen LogP contribution is -2.28. The number of aliphatic hydroxyl groups is 2. The average Bonchev–Trinajstić information content (AvgIpc) is 2.51. The fourth-order valence-electron chi connectivity index (χ4n) is 2.31. The van der Waals surface area contributed by atoms with E-state index in [1.807, 2.05) is 55.5 Å². The Morgan fingerprint density at radius 2 is 1.91 bits per heavy atom. The Bertz CT molecular complexity index is 510. The molecule has 1 aromatic rings. The van der Waals surface area contributed by atoms with E-state index < -0.39 is 6.10 Å². The second-order valence-electron chi connectivity index (χ2n) is 6.13. The lowest BCUT2D eigenvalue weighted by molar-refractivity contribution is 0.107. The van der Waals surface area contributed by atoms with Crippen LogP contribution in [0.2, 0.25) is 0 Å². The summed E-state index contributed by atoms with van der Waals surface area (Å²) in [6.07, 6.45) is 10.7. The van der Waals surface area contributed by atoms with E-state index in [9.17, 15) is 5.11 Å². The van der Waals surface area contributed by atoms with E-state index in [0.717, 1.165) is 18.4 Å². The summed E-state index contributed by atoms with van der Waals surface area (Å²) in [7, 11) is 0. The molecule has 0 unspecified atom stereocenters. The number of allylic oxidation sites excluding steroid dienone is 2. The van der Waals surface area contributed by atoms with E-state index >= 15 is 0 Å². The minimum atomic E-state index is -0.596. The topological polar surface area (TPSA) is 40.5 Å². The van der Waals surface area contributed by atoms with Crippen molar-refractivity contribution in [2.24, 2.45) is 5.41 Å². The zero-order valence-electron chi connectivity index (χ0n) is 13.9. The number of hydrogen-bond donors (Lipinski definition) is 2. The van der Waals surface area contributed by atoms with Gasteiger partial charge in [0.25, 0.3) is 0 Å². The Morgan fingerprint density at radius 1 is 1.23 bits per heavy atom. The minimum Gasteiger partial charge on any atom is -0.392 e. The van der Waals surface area contributed by atoms with Crippen molar-refractivity contribution in [3.8, 4) is 0 Å². The van der Waals surface area contributed by atoms with Crippen molar-refractivity contribution >= 4 is 6.08 Å². The van der Waals surface area contributed by atoms with E-state index in [1.165, 1.54) is 5.57 Å². The number of benzene rings is 1. The van der Waals surface area contributed by atoms with Gasteiger partial charge in [-0.3, -0.25) is 0 Å². The molecule has 2 atom stereocenters. The molecule has 0 aromatic heterocycles. The van der Waals surface area contributed by atoms with Gasteiger partial charge in [-0.25, -0.2) is 0 Å². The van der Waals surface area contributed by atoms with Gasteiger partial charge in [0.05, 0.1) is 12.7 Å². The summed E-state index contributed by atoms with van der Waals surface area (Å²) < 4.78 is 0. The van der Waals surface area contributed by atoms with Crippen molar-refractivity contribution in [2.45, 2.75) is 39.7 Å². The van der Waals surface area contributed by atoms with Crippen molar-refractivity contribution in [1.29, 1.82) is 0 Å². The quantitative estimate of drug-likeness (QED) is 0.700. The maximum Gasteiger partial charge on any atom is 0.0812 e. The molecule has 0 fully saturated rings. The van der Waals surface area contributed by atoms with Crippen LogP contribution in [0.5, 0.6) is 0 Å². The van der Waals surface area contributed by atoms with Gasteiger partial charge < -0.3 is 10.2 Å². The normalized spacial score (nSPS) is 15.9. The summed E-state index contributed by atoms with van der Waals surface area (Å²) in [5.41, 5.74) is 1.96. The van der Waals surface area contributed by atoms with E-state index in [1.54, 1.807) is 6.08 Å². The monoisotopic (exact) mass is 300 g/mol. The molecule has 1 aromatic carbocycles. The van der Waals surface area contributed by atoms with Crippen molar-refractivity contribution in [2.75, 3.05) is 6.61 Å². The highest BCUT2D eigenvalue weighted by Crippen LogP contribution is 2.31. The number of rotatable bonds is 8. The third kappa shape index (κ3) is 6.42. The molecular weight excluding hydrogens is 272 g/mol. The van der Waals surface area contributed by atoms with Gasteiger partial charge in [0, 0.05) is 5.41 Å². The van der Waals surface area contributed by atoms with Gasteiger partial charge in [0.15, 0.2) is 0 Å². The van der Waals surface area contributed by atoms with Gasteiger partial charge in [-0.1, -0.05) is 73.2 Å². The predicted molar refractivity (Wildman–Crippen MR) is 94.5 cm³/mol. The second-order valence-corrected chi connectivity index (χ2v) is 6.13. The highest BCUT2D eigenvalue weighted by molar-refractivity contribution is 5.49. The number of hydrogen-bond acceptors (Lipinski definition) is 2. The van der Waals surface area contributed by atoms with Gasteiger partial charge in [0.2, 0.25) is 0 Å². The van der Waals surface area contributed by atoms with Crippen LogP contribution in [-0.4, -0.2) is 22.9 Å². The molecule has 22 heavy (non-hydrogen) atoms. The largest absolute Gasteiger partial charge is 0.392 e. The lowest BCUT2D eigenvalue weighted by Gasteiger charge is -2.30. The predicted octanol–water partition coefficient (Wildman–Crippen LogP) is 4.36. The van der Waals surface area contributed by atoms with Gasteiger partial charge in [-0.2, -0.15) is 0 Å². The van der Waals surface area contributed by atoms with Crippen molar-refractivity contribution in [1.82, 2.24) is 0 Å². The standard InChI is InChI=1S/C20H28O2/c1-17(2)9-7-14-20(3,15-8-16-21)19(22)13-12-18-10-5-4-6-11-18/h4-6,8-13,15,19,21-22H,7,14,16H2,1-3H3/b13-12+,15-8+/t19-,20+/m1/s1. The van der Waals surface area contributed by atoms with Crippen molar-refractivity contribution < 1.29 is 10.2 Å². The number of aliphatic hydroxyl groups excluding tert-OH is 2. The Kier molecular flexibility index (Phi) is 7.86. The molecular formula is C20H28O2. The summed E-state index contributed by atoms with van der Waals surface area (Å²) in [5, 5.41) is 19.6. The van der Waals surface area contributed by atoms with Crippen LogP contribution in [-0.2, 0) is 0 Å². The molecule has 0 aliphatic carbocycles. The highest BCUT2D eigenvalue weighted by atomic mass is 16.3. The molecule has 120 valence electrons. The molecule has 1 rings (SSSR count). The fraction of sp³-hybridized carbons (Fsp3) is 0.400. The van der Waals surface area contributed by atoms with Crippen LogP contribution in [0.1, 0.15) is 39.2 Å². The smallest absolute Gasteiger partial charge is 0.0812 e. The van der Waals surface area contributed by atoms with E-state index in [0.29, 0.717) is 0 Å². The molecule has 0 radical (unpaired) electrons. The summed E-state index contributed by atoms with van der Waals surface area (Å²) in [6, 6.07) is 9.94. The molecule has 0 bridgehead atoms. The zero-order valence-corrected chi connectivity index (χ0v) is 13.9. The van der Waals surface area contributed by atoms with Crippen LogP contribution in [0, 0.1) is 5.41 Å². The van der Waals surface area contributed by atoms with E-state index in [4.69, 9.17) is 5.11 Å². The maximum atomic E-state index is 10.6. The first-order valence-electron chi connectivity index (χ1n) is 7.81. The summed E-state index contributed by atoms with van der Waals surface area (Å²) >= 11 is 0. The Hall–Kier alpha value is -1.64.